The van der Waals surface area contributed by atoms with E-state index in [0.717, 1.165) is 89.9 Å². The Morgan fingerprint density at radius 2 is 0.868 bits per heavy atom. The van der Waals surface area contributed by atoms with Gasteiger partial charge < -0.3 is 14.7 Å². The highest BCUT2D eigenvalue weighted by molar-refractivity contribution is 5.78. The maximum absolute atomic E-state index is 12.8. The van der Waals surface area contributed by atoms with Crippen molar-refractivity contribution in [3.05, 3.63) is 97.2 Å². The van der Waals surface area contributed by atoms with Crippen LogP contribution >= 0.6 is 0 Å². The first-order valence-corrected chi connectivity index (χ1v) is 21.2. The zero-order valence-corrected chi connectivity index (χ0v) is 34.5. The number of amides is 1. The number of carbonyl (C=O) groups is 2. The predicted octanol–water partition coefficient (Wildman–Crippen LogP) is 13.6. The van der Waals surface area contributed by atoms with Gasteiger partial charge in [0.2, 0.25) is 5.91 Å². The fourth-order valence-electron chi connectivity index (χ4n) is 5.76. The molecule has 2 atom stereocenters. The molecule has 1 amide bonds. The van der Waals surface area contributed by atoms with Crippen molar-refractivity contribution >= 4 is 11.9 Å². The Kier molecular flexibility index (Phi) is 37.6. The molecule has 0 aliphatic heterocycles. The third kappa shape index (κ3) is 35.6. The van der Waals surface area contributed by atoms with Gasteiger partial charge in [0.1, 0.15) is 0 Å². The highest BCUT2D eigenvalue weighted by Crippen LogP contribution is 2.20. The smallest absolute Gasteiger partial charge is 0.332 e. The molecule has 0 bridgehead atoms. The number of carboxylic acids is 1. The van der Waals surface area contributed by atoms with Gasteiger partial charge in [-0.1, -0.05) is 150 Å². The predicted molar refractivity (Wildman–Crippen MR) is 230 cm³/mol. The van der Waals surface area contributed by atoms with Crippen LogP contribution in [0, 0.1) is 5.92 Å². The van der Waals surface area contributed by atoms with Crippen LogP contribution in [0.1, 0.15) is 162 Å². The van der Waals surface area contributed by atoms with Crippen LogP contribution in [0.25, 0.3) is 0 Å². The quantitative estimate of drug-likeness (QED) is 0.0514. The molecule has 0 spiro atoms. The summed E-state index contributed by atoms with van der Waals surface area (Å²) in [5.41, 5.74) is 0. The van der Waals surface area contributed by atoms with Crippen LogP contribution in [0.3, 0.4) is 0 Å². The first kappa shape index (κ1) is 49.8. The molecule has 0 fully saturated rings. The van der Waals surface area contributed by atoms with Crippen LogP contribution in [-0.4, -0.2) is 48.7 Å². The minimum atomic E-state index is -0.896. The molecule has 1 N–H and O–H groups in total. The number of nitrogens with zero attached hydrogens (tertiary/aromatic N) is 1. The van der Waals surface area contributed by atoms with Crippen molar-refractivity contribution in [1.82, 2.24) is 4.90 Å². The molecule has 0 saturated carbocycles. The highest BCUT2D eigenvalue weighted by Gasteiger charge is 2.21. The van der Waals surface area contributed by atoms with Gasteiger partial charge >= 0.3 is 5.97 Å². The molecule has 5 heteroatoms. The summed E-state index contributed by atoms with van der Waals surface area (Å²) in [5, 5.41) is 9.67. The summed E-state index contributed by atoms with van der Waals surface area (Å²) in [5.74, 6) is -0.786. The standard InChI is InChI=1S/C48H79NO4/c1-5-7-9-11-13-15-17-19-21-23-24-26-28-30-32-34-36-40-44-53-46(48(51)52)43-39-38-42-45(47(50)49(3)4)41-37-35-33-31-29-27-25-22-20-18-16-14-12-10-8-6-2/h13-16,19-22,24,26-27,29-30,32-33,35,45-46H,5-12,17-18,23,25,28,31,34,36-44H2,1-4H3,(H,51,52)/b15-13-,16-14-,21-19-,22-20-,26-24-,29-27-,32-30-,35-33-. The summed E-state index contributed by atoms with van der Waals surface area (Å²) in [7, 11) is 3.62. The Morgan fingerprint density at radius 3 is 1.26 bits per heavy atom. The summed E-state index contributed by atoms with van der Waals surface area (Å²) >= 11 is 0. The minimum Gasteiger partial charge on any atom is -0.479 e. The first-order chi connectivity index (χ1) is 25.9. The normalized spacial score (nSPS) is 13.9. The van der Waals surface area contributed by atoms with E-state index in [4.69, 9.17) is 4.74 Å². The summed E-state index contributed by atoms with van der Waals surface area (Å²) in [6.07, 6.45) is 58.0. The van der Waals surface area contributed by atoms with Crippen LogP contribution in [0.15, 0.2) is 97.2 Å². The summed E-state index contributed by atoms with van der Waals surface area (Å²) in [6, 6.07) is 0. The zero-order valence-electron chi connectivity index (χ0n) is 34.5. The van der Waals surface area contributed by atoms with Gasteiger partial charge in [-0.3, -0.25) is 4.79 Å². The maximum atomic E-state index is 12.8. The van der Waals surface area contributed by atoms with E-state index in [1.807, 2.05) is 14.1 Å². The van der Waals surface area contributed by atoms with Crippen LogP contribution in [-0.2, 0) is 14.3 Å². The Morgan fingerprint density at radius 1 is 0.491 bits per heavy atom. The molecule has 0 aromatic rings. The van der Waals surface area contributed by atoms with Gasteiger partial charge in [-0.25, -0.2) is 4.79 Å². The van der Waals surface area contributed by atoms with Crippen molar-refractivity contribution in [2.24, 2.45) is 5.92 Å². The molecule has 0 aromatic heterocycles. The number of hydrogen-bond donors (Lipinski definition) is 1. The molecular formula is C48H79NO4. The van der Waals surface area contributed by atoms with Gasteiger partial charge in [0, 0.05) is 26.6 Å². The lowest BCUT2D eigenvalue weighted by Crippen LogP contribution is -2.29. The van der Waals surface area contributed by atoms with E-state index in [-0.39, 0.29) is 11.8 Å². The number of carboxylic acid groups (broad SMARTS) is 1. The average molecular weight is 734 g/mol. The van der Waals surface area contributed by atoms with Crippen LogP contribution in [0.4, 0.5) is 0 Å². The number of ether oxygens (including phenoxy) is 1. The molecular weight excluding hydrogens is 655 g/mol. The molecule has 0 saturated heterocycles. The van der Waals surface area contributed by atoms with E-state index in [1.165, 1.54) is 51.4 Å². The van der Waals surface area contributed by atoms with E-state index in [2.05, 4.69) is 111 Å². The summed E-state index contributed by atoms with van der Waals surface area (Å²) < 4.78 is 5.75. The fraction of sp³-hybridized carbons (Fsp3) is 0.625. The fourth-order valence-corrected chi connectivity index (χ4v) is 5.76. The Balaban J connectivity index is 4.16. The van der Waals surface area contributed by atoms with Gasteiger partial charge in [0.05, 0.1) is 0 Å². The second kappa shape index (κ2) is 40.0. The zero-order chi connectivity index (χ0) is 38.9. The Hall–Kier alpha value is -3.18. The largest absolute Gasteiger partial charge is 0.479 e. The van der Waals surface area contributed by atoms with E-state index >= 15 is 0 Å². The van der Waals surface area contributed by atoms with Gasteiger partial charge in [-0.05, 0) is 109 Å². The van der Waals surface area contributed by atoms with Crippen molar-refractivity contribution in [2.45, 2.75) is 168 Å². The third-order valence-electron chi connectivity index (χ3n) is 9.02. The lowest BCUT2D eigenvalue weighted by atomic mass is 9.94. The number of allylic oxidation sites excluding steroid dienone is 16. The van der Waals surface area contributed by atoms with Crippen molar-refractivity contribution < 1.29 is 19.4 Å². The molecule has 0 radical (unpaired) electrons. The third-order valence-corrected chi connectivity index (χ3v) is 9.02. The molecule has 53 heavy (non-hydrogen) atoms. The Bertz CT molecular complexity index is 1090. The number of unbranched alkanes of at least 4 members (excludes halogenated alkanes) is 9. The van der Waals surface area contributed by atoms with Gasteiger partial charge in [-0.2, -0.15) is 0 Å². The molecule has 5 nitrogen and oxygen atoms in total. The minimum absolute atomic E-state index is 0.0435. The van der Waals surface area contributed by atoms with Gasteiger partial charge in [0.25, 0.3) is 0 Å². The molecule has 0 aliphatic rings. The average Bonchev–Trinajstić information content (AvgIpc) is 3.14. The number of aliphatic carboxylic acids is 1. The second-order valence-corrected chi connectivity index (χ2v) is 14.2. The first-order valence-electron chi connectivity index (χ1n) is 21.2. The second-order valence-electron chi connectivity index (χ2n) is 14.2. The number of carbonyl (C=O) groups excluding carboxylic acids is 1. The van der Waals surface area contributed by atoms with E-state index in [1.54, 1.807) is 4.90 Å². The van der Waals surface area contributed by atoms with Crippen molar-refractivity contribution in [2.75, 3.05) is 20.7 Å². The van der Waals surface area contributed by atoms with Crippen LogP contribution in [0.2, 0.25) is 0 Å². The maximum Gasteiger partial charge on any atom is 0.332 e. The summed E-state index contributed by atoms with van der Waals surface area (Å²) in [4.78, 5) is 26.3. The monoisotopic (exact) mass is 734 g/mol. The van der Waals surface area contributed by atoms with Crippen LogP contribution < -0.4 is 0 Å². The highest BCUT2D eigenvalue weighted by atomic mass is 16.5. The summed E-state index contributed by atoms with van der Waals surface area (Å²) in [6.45, 7) is 4.93. The molecule has 0 aliphatic carbocycles. The molecule has 300 valence electrons. The molecule has 0 heterocycles. The van der Waals surface area contributed by atoms with Gasteiger partial charge in [-0.15, -0.1) is 0 Å². The molecule has 2 unspecified atom stereocenters. The van der Waals surface area contributed by atoms with Crippen molar-refractivity contribution in [3.8, 4) is 0 Å². The topological polar surface area (TPSA) is 66.8 Å². The van der Waals surface area contributed by atoms with Crippen molar-refractivity contribution in [3.63, 3.8) is 0 Å². The van der Waals surface area contributed by atoms with E-state index < -0.39 is 12.1 Å². The number of rotatable bonds is 36. The Labute approximate surface area is 326 Å². The van der Waals surface area contributed by atoms with E-state index in [0.29, 0.717) is 13.0 Å². The molecule has 0 aromatic carbocycles. The SMILES string of the molecule is CCCCC/C=C\C/C=C\C/C=C\C/C=C\CCCCOC(CCCCC(CC/C=C\C/C=C\C/C=C\C/C=C\CCCCC)C(=O)N(C)C)C(=O)O. The number of hydrogen-bond acceptors (Lipinski definition) is 3. The van der Waals surface area contributed by atoms with Crippen molar-refractivity contribution in [1.29, 1.82) is 0 Å². The lowest BCUT2D eigenvalue weighted by molar-refractivity contribution is -0.151. The van der Waals surface area contributed by atoms with E-state index in [9.17, 15) is 14.7 Å². The molecule has 0 rings (SSSR count). The van der Waals surface area contributed by atoms with Crippen LogP contribution in [0.5, 0.6) is 0 Å². The van der Waals surface area contributed by atoms with Gasteiger partial charge in [0.15, 0.2) is 6.10 Å². The lowest BCUT2D eigenvalue weighted by Gasteiger charge is -2.20.